The number of nitriles is 2. The number of sulfonamides is 2. The molecule has 1 heterocycles. The van der Waals surface area contributed by atoms with Crippen molar-refractivity contribution in [2.75, 3.05) is 62.4 Å². The predicted molar refractivity (Wildman–Crippen MR) is 186 cm³/mol. The first kappa shape index (κ1) is 36.6. The van der Waals surface area contributed by atoms with Crippen molar-refractivity contribution in [3.05, 3.63) is 82.9 Å². The summed E-state index contributed by atoms with van der Waals surface area (Å²) in [6, 6.07) is 20.2. The molecule has 0 aromatic heterocycles. The monoisotopic (exact) mass is 714 g/mol. The van der Waals surface area contributed by atoms with Crippen molar-refractivity contribution in [2.24, 2.45) is 0 Å². The van der Waals surface area contributed by atoms with Crippen LogP contribution >= 0.6 is 23.5 Å². The molecule has 0 N–H and O–H groups in total. The minimum Gasteiger partial charge on any atom is -0.488 e. The van der Waals surface area contributed by atoms with E-state index in [9.17, 15) is 27.4 Å². The van der Waals surface area contributed by atoms with Gasteiger partial charge in [0, 0.05) is 49.8 Å². The van der Waals surface area contributed by atoms with Gasteiger partial charge in [0.15, 0.2) is 11.5 Å². The Balaban J connectivity index is 1.60. The van der Waals surface area contributed by atoms with Gasteiger partial charge in [-0.2, -0.15) is 42.7 Å². The van der Waals surface area contributed by atoms with Gasteiger partial charge in [-0.15, -0.1) is 0 Å². The summed E-state index contributed by atoms with van der Waals surface area (Å²) >= 11 is 3.33. The molecule has 10 nitrogen and oxygen atoms in total. The van der Waals surface area contributed by atoms with Gasteiger partial charge < -0.3 is 9.47 Å². The van der Waals surface area contributed by atoms with Crippen molar-refractivity contribution >= 4 is 43.6 Å². The largest absolute Gasteiger partial charge is 0.488 e. The second-order valence-electron chi connectivity index (χ2n) is 10.8. The van der Waals surface area contributed by atoms with Gasteiger partial charge in [0.2, 0.25) is 20.0 Å². The Morgan fingerprint density at radius 2 is 1.00 bits per heavy atom. The van der Waals surface area contributed by atoms with Crippen LogP contribution in [0.25, 0.3) is 0 Å². The van der Waals surface area contributed by atoms with E-state index in [0.29, 0.717) is 11.5 Å². The number of fused-ring (bicyclic) bond motifs is 1. The third kappa shape index (κ3) is 9.89. The maximum Gasteiger partial charge on any atom is 0.243 e. The first-order chi connectivity index (χ1) is 22.6. The first-order valence-corrected chi connectivity index (χ1v) is 20.3. The summed E-state index contributed by atoms with van der Waals surface area (Å²) in [5.41, 5.74) is 2.06. The van der Waals surface area contributed by atoms with Crippen molar-refractivity contribution in [1.82, 2.24) is 8.61 Å². The van der Waals surface area contributed by atoms with Gasteiger partial charge >= 0.3 is 0 Å². The zero-order chi connectivity index (χ0) is 33.9. The highest BCUT2D eigenvalue weighted by molar-refractivity contribution is 8.00. The highest BCUT2D eigenvalue weighted by Gasteiger charge is 2.26. The summed E-state index contributed by atoms with van der Waals surface area (Å²) in [4.78, 5) is 0.393. The Kier molecular flexibility index (Phi) is 13.4. The molecule has 0 radical (unpaired) electrons. The molecule has 47 heavy (non-hydrogen) atoms. The number of nitrogens with zero attached hydrogens (tertiary/aromatic N) is 4. The van der Waals surface area contributed by atoms with Gasteiger partial charge in [0.05, 0.1) is 20.9 Å². The van der Waals surface area contributed by atoms with Crippen LogP contribution < -0.4 is 9.47 Å². The molecule has 14 heteroatoms. The summed E-state index contributed by atoms with van der Waals surface area (Å²) in [5.74, 6) is 3.16. The Bertz CT molecular complexity index is 1670. The molecule has 0 amide bonds. The number of hydrogen-bond donors (Lipinski definition) is 0. The molecule has 3 aromatic carbocycles. The second-order valence-corrected chi connectivity index (χ2v) is 17.1. The average Bonchev–Trinajstić information content (AvgIpc) is 3.05. The molecule has 0 saturated carbocycles. The summed E-state index contributed by atoms with van der Waals surface area (Å²) < 4.78 is 69.3. The summed E-state index contributed by atoms with van der Waals surface area (Å²) in [6.45, 7) is 4.33. The van der Waals surface area contributed by atoms with Crippen LogP contribution in [0, 0.1) is 36.5 Å². The number of ether oxygens (including phenoxy) is 2. The smallest absolute Gasteiger partial charge is 0.243 e. The van der Waals surface area contributed by atoms with Crippen molar-refractivity contribution in [3.63, 3.8) is 0 Å². The number of benzene rings is 3. The Morgan fingerprint density at radius 1 is 0.617 bits per heavy atom. The lowest BCUT2D eigenvalue weighted by atomic mass is 10.1. The van der Waals surface area contributed by atoms with Crippen LogP contribution in [-0.2, 0) is 20.0 Å². The summed E-state index contributed by atoms with van der Waals surface area (Å²) in [5, 5.41) is 19.3. The van der Waals surface area contributed by atoms with E-state index < -0.39 is 20.0 Å². The van der Waals surface area contributed by atoms with Crippen LogP contribution in [0.2, 0.25) is 0 Å². The highest BCUT2D eigenvalue weighted by atomic mass is 32.2. The molecule has 1 aliphatic heterocycles. The van der Waals surface area contributed by atoms with Crippen LogP contribution in [0.1, 0.15) is 28.7 Å². The van der Waals surface area contributed by atoms with Gasteiger partial charge in [0.25, 0.3) is 0 Å². The molecule has 0 aliphatic carbocycles. The minimum absolute atomic E-state index is 0.0382. The van der Waals surface area contributed by atoms with E-state index >= 15 is 0 Å². The lowest BCUT2D eigenvalue weighted by Gasteiger charge is -2.23. The molecule has 250 valence electrons. The molecule has 0 bridgehead atoms. The SMILES string of the molecule is Cc1ccc(S(=O)(=O)N2CCOc3cc(C#N)c(C#N)cc3OCCN(S(=O)(=O)c3ccc(C)cc3)CCSCCCSCC2)cc1. The van der Waals surface area contributed by atoms with Crippen LogP contribution in [0.5, 0.6) is 11.5 Å². The lowest BCUT2D eigenvalue weighted by molar-refractivity contribution is 0.239. The molecule has 0 unspecified atom stereocenters. The Hall–Kier alpha value is -3.24. The predicted octanol–water partition coefficient (Wildman–Crippen LogP) is 5.06. The first-order valence-electron chi connectivity index (χ1n) is 15.1. The molecular formula is C33H38N4O6S4. The molecular weight excluding hydrogens is 677 g/mol. The third-order valence-corrected chi connectivity index (χ3v) is 13.3. The zero-order valence-electron chi connectivity index (χ0n) is 26.4. The van der Waals surface area contributed by atoms with Crippen LogP contribution in [0.3, 0.4) is 0 Å². The third-order valence-electron chi connectivity index (χ3n) is 7.39. The van der Waals surface area contributed by atoms with Crippen molar-refractivity contribution in [2.45, 2.75) is 30.1 Å². The van der Waals surface area contributed by atoms with E-state index in [-0.39, 0.29) is 71.8 Å². The molecule has 0 fully saturated rings. The second kappa shape index (κ2) is 17.2. The van der Waals surface area contributed by atoms with Gasteiger partial charge in [-0.25, -0.2) is 16.8 Å². The zero-order valence-corrected chi connectivity index (χ0v) is 29.7. The fraction of sp³-hybridized carbons (Fsp3) is 0.394. The summed E-state index contributed by atoms with van der Waals surface area (Å²) in [6.07, 6.45) is 0.898. The minimum atomic E-state index is -3.81. The average molecular weight is 715 g/mol. The number of aryl methyl sites for hydroxylation is 2. The van der Waals surface area contributed by atoms with Crippen molar-refractivity contribution < 1.29 is 26.3 Å². The standard InChI is InChI=1S/C33H38N4O6S4/c1-26-4-8-30(9-5-26)46(38,39)36-12-16-42-32-22-28(24-34)29(25-35)23-33(32)43-17-13-37(15-21-45-19-3-18-44-20-14-36)47(40,41)31-10-6-27(2)7-11-31/h4-11,22-23H,3,12-21H2,1-2H3. The fourth-order valence-corrected chi connectivity index (χ4v) is 9.78. The molecule has 0 saturated heterocycles. The van der Waals surface area contributed by atoms with Crippen LogP contribution in [0.4, 0.5) is 0 Å². The molecule has 0 atom stereocenters. The van der Waals surface area contributed by atoms with E-state index in [1.807, 2.05) is 26.0 Å². The number of rotatable bonds is 4. The maximum atomic E-state index is 13.6. The topological polar surface area (TPSA) is 141 Å². The van der Waals surface area contributed by atoms with E-state index in [2.05, 4.69) is 0 Å². The highest BCUT2D eigenvalue weighted by Crippen LogP contribution is 2.31. The van der Waals surface area contributed by atoms with E-state index in [1.165, 1.54) is 20.7 Å². The van der Waals surface area contributed by atoms with Gasteiger partial charge in [0.1, 0.15) is 25.4 Å². The normalized spacial score (nSPS) is 16.9. The van der Waals surface area contributed by atoms with Gasteiger partial charge in [-0.05, 0) is 56.0 Å². The van der Waals surface area contributed by atoms with Crippen molar-refractivity contribution in [1.29, 1.82) is 10.5 Å². The van der Waals surface area contributed by atoms with E-state index in [1.54, 1.807) is 72.1 Å². The lowest BCUT2D eigenvalue weighted by Crippen LogP contribution is -2.36. The maximum absolute atomic E-state index is 13.6. The summed E-state index contributed by atoms with van der Waals surface area (Å²) in [7, 11) is -7.62. The van der Waals surface area contributed by atoms with Gasteiger partial charge in [-0.3, -0.25) is 0 Å². The molecule has 3 aromatic rings. The molecule has 1 aliphatic rings. The van der Waals surface area contributed by atoms with E-state index in [0.717, 1.165) is 29.1 Å². The van der Waals surface area contributed by atoms with Crippen LogP contribution in [0.15, 0.2) is 70.5 Å². The number of hydrogen-bond acceptors (Lipinski definition) is 10. The molecule has 4 rings (SSSR count). The van der Waals surface area contributed by atoms with Crippen molar-refractivity contribution in [3.8, 4) is 23.6 Å². The molecule has 0 spiro atoms. The number of thioether (sulfide) groups is 2. The quantitative estimate of drug-likeness (QED) is 0.360. The van der Waals surface area contributed by atoms with Gasteiger partial charge in [-0.1, -0.05) is 35.4 Å². The Labute approximate surface area is 286 Å². The van der Waals surface area contributed by atoms with E-state index in [4.69, 9.17) is 9.47 Å². The van der Waals surface area contributed by atoms with Crippen LogP contribution in [-0.4, -0.2) is 87.9 Å². The Morgan fingerprint density at radius 3 is 1.36 bits per heavy atom. The fourth-order valence-electron chi connectivity index (χ4n) is 4.71.